The number of hydrogen-bond acceptors (Lipinski definition) is 6. The highest BCUT2D eigenvalue weighted by Gasteiger charge is 2.49. The lowest BCUT2D eigenvalue weighted by Crippen LogP contribution is -2.20. The third-order valence-corrected chi connectivity index (χ3v) is 5.48. The van der Waals surface area contributed by atoms with Crippen molar-refractivity contribution >= 4 is 20.2 Å². The molecule has 1 aromatic rings. The molecule has 32 heavy (non-hydrogen) atoms. The highest BCUT2D eigenvalue weighted by atomic mass is 32.2. The van der Waals surface area contributed by atoms with Crippen molar-refractivity contribution in [2.24, 2.45) is 0 Å². The van der Waals surface area contributed by atoms with E-state index >= 15 is 0 Å². The molecular weight excluding hydrogens is 512 g/mol. The van der Waals surface area contributed by atoms with Gasteiger partial charge in [0, 0.05) is 11.1 Å². The number of halogens is 8. The summed E-state index contributed by atoms with van der Waals surface area (Å²) in [5, 5.41) is 19.7. The average molecular weight is 526 g/mol. The number of alkyl halides is 8. The maximum atomic E-state index is 14.4. The second kappa shape index (κ2) is 9.14. The fraction of sp³-hybridized carbons (Fsp3) is 0.571. The van der Waals surface area contributed by atoms with Crippen LogP contribution >= 0.6 is 0 Å². The number of benzene rings is 1. The van der Waals surface area contributed by atoms with E-state index in [0.717, 1.165) is 0 Å². The normalized spacial score (nSPS) is 15.6. The molecule has 2 atom stereocenters. The molecule has 0 fully saturated rings. The second-order valence-corrected chi connectivity index (χ2v) is 9.50. The van der Waals surface area contributed by atoms with Gasteiger partial charge in [-0.25, -0.2) is 8.78 Å². The van der Waals surface area contributed by atoms with Crippen molar-refractivity contribution in [3.05, 3.63) is 22.3 Å². The molecule has 0 radical (unpaired) electrons. The molecule has 1 rings (SSSR count). The first-order valence-electron chi connectivity index (χ1n) is 8.02. The Balaban J connectivity index is 3.93. The standard InChI is InChI=1S/C14H14F8O8S2/c15-5(1-3-31(25,26)27)7-9(13(17,18)19)12(24)8(6(16)2-4-32(28,29)30)10(11(7)23)14(20,21)22/h5-6,23-24H,1-4H2,(H,25,26,27)(H,28,29,30). The molecule has 0 saturated heterocycles. The van der Waals surface area contributed by atoms with Crippen LogP contribution in [0.3, 0.4) is 0 Å². The highest BCUT2D eigenvalue weighted by molar-refractivity contribution is 7.86. The van der Waals surface area contributed by atoms with Crippen LogP contribution < -0.4 is 0 Å². The van der Waals surface area contributed by atoms with E-state index in [4.69, 9.17) is 9.11 Å². The van der Waals surface area contributed by atoms with Gasteiger partial charge in [-0.2, -0.15) is 43.2 Å². The molecule has 0 amide bonds. The lowest BCUT2D eigenvalue weighted by atomic mass is 9.88. The van der Waals surface area contributed by atoms with E-state index in [-0.39, 0.29) is 0 Å². The summed E-state index contributed by atoms with van der Waals surface area (Å²) in [7, 11) is -10.0. The van der Waals surface area contributed by atoms with Gasteiger partial charge in [-0.15, -0.1) is 0 Å². The molecule has 0 saturated carbocycles. The Labute approximate surface area is 175 Å². The van der Waals surface area contributed by atoms with Crippen LogP contribution in [-0.2, 0) is 32.6 Å². The van der Waals surface area contributed by atoms with Gasteiger partial charge in [0.1, 0.15) is 35.0 Å². The summed E-state index contributed by atoms with van der Waals surface area (Å²) >= 11 is 0. The van der Waals surface area contributed by atoms with Crippen molar-refractivity contribution in [2.45, 2.75) is 37.5 Å². The van der Waals surface area contributed by atoms with E-state index < -0.39 is 103 Å². The van der Waals surface area contributed by atoms with E-state index in [2.05, 4.69) is 0 Å². The van der Waals surface area contributed by atoms with Crippen LogP contribution in [0.2, 0.25) is 0 Å². The van der Waals surface area contributed by atoms with Crippen LogP contribution in [0.1, 0.15) is 47.4 Å². The maximum Gasteiger partial charge on any atom is 0.420 e. The predicted molar refractivity (Wildman–Crippen MR) is 89.5 cm³/mol. The fourth-order valence-corrected chi connectivity index (χ4v) is 3.75. The van der Waals surface area contributed by atoms with Crippen LogP contribution in [0.4, 0.5) is 35.1 Å². The zero-order chi connectivity index (χ0) is 25.4. The lowest BCUT2D eigenvalue weighted by Gasteiger charge is -2.26. The van der Waals surface area contributed by atoms with Gasteiger partial charge in [0.2, 0.25) is 0 Å². The molecule has 1 aromatic carbocycles. The summed E-state index contributed by atoms with van der Waals surface area (Å²) in [5.74, 6) is -8.24. The molecule has 0 heterocycles. The fourth-order valence-electron chi connectivity index (χ4n) is 2.74. The first-order chi connectivity index (χ1) is 14.1. The Morgan fingerprint density at radius 2 is 0.906 bits per heavy atom. The monoisotopic (exact) mass is 526 g/mol. The van der Waals surface area contributed by atoms with E-state index in [0.29, 0.717) is 0 Å². The third-order valence-electron chi connectivity index (χ3n) is 3.97. The van der Waals surface area contributed by atoms with Crippen molar-refractivity contribution in [1.29, 1.82) is 0 Å². The van der Waals surface area contributed by atoms with Crippen molar-refractivity contribution in [3.63, 3.8) is 0 Å². The quantitative estimate of drug-likeness (QED) is 0.228. The maximum absolute atomic E-state index is 14.4. The smallest absolute Gasteiger partial charge is 0.420 e. The van der Waals surface area contributed by atoms with Crippen molar-refractivity contribution in [2.75, 3.05) is 11.5 Å². The zero-order valence-electron chi connectivity index (χ0n) is 15.2. The molecule has 0 bridgehead atoms. The molecule has 0 aromatic heterocycles. The number of rotatable bonds is 8. The molecule has 186 valence electrons. The Hall–Kier alpha value is -1.92. The molecule has 0 aliphatic heterocycles. The molecule has 0 spiro atoms. The molecule has 8 nitrogen and oxygen atoms in total. The molecule has 4 N–H and O–H groups in total. The van der Waals surface area contributed by atoms with Crippen molar-refractivity contribution in [1.82, 2.24) is 0 Å². The van der Waals surface area contributed by atoms with Gasteiger partial charge in [0.15, 0.2) is 0 Å². The van der Waals surface area contributed by atoms with Crippen LogP contribution in [0.5, 0.6) is 11.5 Å². The lowest BCUT2D eigenvalue weighted by molar-refractivity contribution is -0.145. The highest BCUT2D eigenvalue weighted by Crippen LogP contribution is 2.55. The number of aromatic hydroxyl groups is 2. The summed E-state index contributed by atoms with van der Waals surface area (Å²) in [6.07, 6.45) is -21.7. The Morgan fingerprint density at radius 3 is 1.09 bits per heavy atom. The zero-order valence-corrected chi connectivity index (χ0v) is 16.9. The number of phenolic OH excluding ortho intramolecular Hbond substituents is 2. The topological polar surface area (TPSA) is 149 Å². The molecule has 2 unspecified atom stereocenters. The van der Waals surface area contributed by atoms with Crippen molar-refractivity contribution in [3.8, 4) is 11.5 Å². The van der Waals surface area contributed by atoms with E-state index in [1.54, 1.807) is 0 Å². The third kappa shape index (κ3) is 7.04. The van der Waals surface area contributed by atoms with E-state index in [1.807, 2.05) is 0 Å². The average Bonchev–Trinajstić information content (AvgIpc) is 2.55. The summed E-state index contributed by atoms with van der Waals surface area (Å²) in [5.41, 5.74) is -9.88. The van der Waals surface area contributed by atoms with Gasteiger partial charge in [-0.05, 0) is 12.8 Å². The summed E-state index contributed by atoms with van der Waals surface area (Å²) in [6.45, 7) is 0. The first kappa shape index (κ1) is 28.1. The summed E-state index contributed by atoms with van der Waals surface area (Å²) in [6, 6.07) is 0. The molecule has 0 aliphatic carbocycles. The van der Waals surface area contributed by atoms with Gasteiger partial charge in [-0.3, -0.25) is 9.11 Å². The van der Waals surface area contributed by atoms with Gasteiger partial charge < -0.3 is 10.2 Å². The SMILES string of the molecule is O=S(=O)(O)CCC(F)c1c(O)c(C(F)(F)F)c(C(F)CCS(=O)(=O)O)c(O)c1C(F)(F)F. The van der Waals surface area contributed by atoms with E-state index in [1.165, 1.54) is 0 Å². The summed E-state index contributed by atoms with van der Waals surface area (Å²) < 4.78 is 169. The van der Waals surface area contributed by atoms with Crippen LogP contribution in [0.25, 0.3) is 0 Å². The van der Waals surface area contributed by atoms with E-state index in [9.17, 15) is 62.2 Å². The van der Waals surface area contributed by atoms with Gasteiger partial charge in [0.05, 0.1) is 11.5 Å². The minimum absolute atomic E-state index is 1.59. The van der Waals surface area contributed by atoms with Crippen LogP contribution in [0, 0.1) is 0 Å². The minimum atomic E-state index is -5.92. The van der Waals surface area contributed by atoms with Gasteiger partial charge in [-0.1, -0.05) is 0 Å². The molecule has 18 heteroatoms. The molecular formula is C14H14F8O8S2. The Kier molecular flexibility index (Phi) is 8.03. The first-order valence-corrected chi connectivity index (χ1v) is 11.2. The molecule has 0 aliphatic rings. The van der Waals surface area contributed by atoms with Crippen LogP contribution in [-0.4, -0.2) is 47.7 Å². The van der Waals surface area contributed by atoms with Crippen molar-refractivity contribution < 1.29 is 71.3 Å². The predicted octanol–water partition coefficient (Wildman–Crippen LogP) is 3.71. The van der Waals surface area contributed by atoms with Crippen LogP contribution in [0.15, 0.2) is 0 Å². The van der Waals surface area contributed by atoms with Gasteiger partial charge in [0.25, 0.3) is 20.2 Å². The Morgan fingerprint density at radius 1 is 0.656 bits per heavy atom. The second-order valence-electron chi connectivity index (χ2n) is 6.35. The number of hydrogen-bond donors (Lipinski definition) is 4. The largest absolute Gasteiger partial charge is 0.507 e. The summed E-state index contributed by atoms with van der Waals surface area (Å²) in [4.78, 5) is 0. The number of phenols is 2. The Bertz CT molecular complexity index is 978. The minimum Gasteiger partial charge on any atom is -0.507 e. The van der Waals surface area contributed by atoms with Gasteiger partial charge >= 0.3 is 12.4 Å².